The summed E-state index contributed by atoms with van der Waals surface area (Å²) in [5.74, 6) is 0.535. The fraction of sp³-hybridized carbons (Fsp3) is 0.312. The van der Waals surface area contributed by atoms with Crippen molar-refractivity contribution < 1.29 is 13.8 Å². The van der Waals surface area contributed by atoms with Crippen molar-refractivity contribution in [1.29, 1.82) is 0 Å². The first-order chi connectivity index (χ1) is 13.2. The summed E-state index contributed by atoms with van der Waals surface area (Å²) in [5.41, 5.74) is 1.54. The van der Waals surface area contributed by atoms with E-state index in [0.29, 0.717) is 12.3 Å². The molecule has 0 aliphatic carbocycles. The Bertz CT molecular complexity index is 934. The van der Waals surface area contributed by atoms with Gasteiger partial charge in [-0.3, -0.25) is 14.7 Å². The lowest BCUT2D eigenvalue weighted by atomic mass is 10.2. The third-order valence-corrected chi connectivity index (χ3v) is 4.75. The molecule has 10 nitrogen and oxygen atoms in total. The van der Waals surface area contributed by atoms with Crippen LogP contribution in [0.5, 0.6) is 5.75 Å². The van der Waals surface area contributed by atoms with E-state index in [2.05, 4.69) is 19.7 Å². The fourth-order valence-electron chi connectivity index (χ4n) is 2.87. The zero-order valence-corrected chi connectivity index (χ0v) is 14.9. The molecule has 1 aromatic carbocycles. The van der Waals surface area contributed by atoms with Crippen LogP contribution in [0.1, 0.15) is 19.1 Å². The molecule has 3 heterocycles. The summed E-state index contributed by atoms with van der Waals surface area (Å²) in [7, 11) is 0. The Morgan fingerprint density at radius 3 is 3.00 bits per heavy atom. The molecule has 0 saturated carbocycles. The lowest BCUT2D eigenvalue weighted by molar-refractivity contribution is -0.384. The van der Waals surface area contributed by atoms with E-state index in [4.69, 9.17) is 8.92 Å². The minimum absolute atomic E-state index is 0.0306. The van der Waals surface area contributed by atoms with Gasteiger partial charge in [0.1, 0.15) is 36.1 Å². The summed E-state index contributed by atoms with van der Waals surface area (Å²) in [6.07, 6.45) is 6.63. The Balaban J connectivity index is 1.24. The second-order valence-corrected chi connectivity index (χ2v) is 6.56. The average Bonchev–Trinajstić information content (AvgIpc) is 3.32. The Labute approximate surface area is 158 Å². The van der Waals surface area contributed by atoms with E-state index < -0.39 is 4.92 Å². The Morgan fingerprint density at radius 2 is 2.19 bits per heavy atom. The zero-order valence-electron chi connectivity index (χ0n) is 14.1. The predicted octanol–water partition coefficient (Wildman–Crippen LogP) is 2.64. The number of hydrogen-bond donors (Lipinski definition) is 1. The lowest BCUT2D eigenvalue weighted by Crippen LogP contribution is -2.23. The SMILES string of the molecule is O=[N+]([O-])c1ccc(OSNCC2CCC(n3cnc4cncnc43)O2)cc1. The number of benzene rings is 1. The Morgan fingerprint density at radius 1 is 1.33 bits per heavy atom. The summed E-state index contributed by atoms with van der Waals surface area (Å²) >= 11 is 1.07. The average molecular weight is 388 g/mol. The second kappa shape index (κ2) is 7.86. The van der Waals surface area contributed by atoms with Crippen molar-refractivity contribution >= 4 is 29.1 Å². The predicted molar refractivity (Wildman–Crippen MR) is 97.8 cm³/mol. The van der Waals surface area contributed by atoms with Gasteiger partial charge in [0.15, 0.2) is 5.65 Å². The molecule has 1 aliphatic rings. The van der Waals surface area contributed by atoms with Crippen LogP contribution in [0.4, 0.5) is 5.69 Å². The van der Waals surface area contributed by atoms with Crippen LogP contribution >= 0.6 is 12.2 Å². The van der Waals surface area contributed by atoms with Crippen LogP contribution in [0.3, 0.4) is 0 Å². The van der Waals surface area contributed by atoms with E-state index in [0.717, 1.165) is 36.2 Å². The number of nitro benzene ring substituents is 1. The number of nitrogens with one attached hydrogen (secondary N) is 1. The molecule has 1 fully saturated rings. The number of imidazole rings is 1. The number of nitrogens with zero attached hydrogens (tertiary/aromatic N) is 5. The van der Waals surface area contributed by atoms with E-state index in [-0.39, 0.29) is 18.0 Å². The highest BCUT2D eigenvalue weighted by atomic mass is 32.2. The van der Waals surface area contributed by atoms with Gasteiger partial charge in [0.05, 0.1) is 23.6 Å². The van der Waals surface area contributed by atoms with Crippen molar-refractivity contribution in [3.05, 3.63) is 53.2 Å². The van der Waals surface area contributed by atoms with Crippen LogP contribution in [0.15, 0.2) is 43.1 Å². The van der Waals surface area contributed by atoms with E-state index in [1.807, 2.05) is 4.57 Å². The molecule has 0 bridgehead atoms. The van der Waals surface area contributed by atoms with Crippen LogP contribution in [0, 0.1) is 10.1 Å². The van der Waals surface area contributed by atoms with Crippen LogP contribution in [0.25, 0.3) is 11.2 Å². The molecule has 0 spiro atoms. The summed E-state index contributed by atoms with van der Waals surface area (Å²) in [5, 5.41) is 10.6. The van der Waals surface area contributed by atoms with Gasteiger partial charge in [-0.1, -0.05) is 0 Å². The van der Waals surface area contributed by atoms with Gasteiger partial charge in [0, 0.05) is 18.7 Å². The Kier molecular flexibility index (Phi) is 5.14. The topological polar surface area (TPSA) is 117 Å². The number of hydrogen-bond acceptors (Lipinski definition) is 9. The number of rotatable bonds is 7. The van der Waals surface area contributed by atoms with Gasteiger partial charge in [-0.2, -0.15) is 0 Å². The van der Waals surface area contributed by atoms with Crippen LogP contribution in [0.2, 0.25) is 0 Å². The minimum atomic E-state index is -0.446. The van der Waals surface area contributed by atoms with Crippen molar-refractivity contribution in [2.24, 2.45) is 0 Å². The third-order valence-electron chi connectivity index (χ3n) is 4.19. The molecular weight excluding hydrogens is 372 g/mol. The van der Waals surface area contributed by atoms with E-state index in [1.54, 1.807) is 24.7 Å². The smallest absolute Gasteiger partial charge is 0.269 e. The molecule has 2 aromatic heterocycles. The van der Waals surface area contributed by atoms with E-state index >= 15 is 0 Å². The van der Waals surface area contributed by atoms with E-state index in [1.165, 1.54) is 18.5 Å². The summed E-state index contributed by atoms with van der Waals surface area (Å²) in [6, 6.07) is 5.92. The molecule has 2 unspecified atom stereocenters. The van der Waals surface area contributed by atoms with Crippen molar-refractivity contribution in [3.63, 3.8) is 0 Å². The summed E-state index contributed by atoms with van der Waals surface area (Å²) < 4.78 is 16.5. The number of nitro groups is 1. The maximum atomic E-state index is 10.6. The monoisotopic (exact) mass is 388 g/mol. The van der Waals surface area contributed by atoms with Crippen LogP contribution in [-0.4, -0.2) is 37.1 Å². The molecule has 1 N–H and O–H groups in total. The van der Waals surface area contributed by atoms with E-state index in [9.17, 15) is 10.1 Å². The second-order valence-electron chi connectivity index (χ2n) is 5.94. The Hall–Kier alpha value is -2.76. The van der Waals surface area contributed by atoms with Gasteiger partial charge in [-0.15, -0.1) is 0 Å². The zero-order chi connectivity index (χ0) is 18.6. The van der Waals surface area contributed by atoms with Gasteiger partial charge in [-0.05, 0) is 25.0 Å². The van der Waals surface area contributed by atoms with Gasteiger partial charge >= 0.3 is 0 Å². The number of ether oxygens (including phenoxy) is 1. The van der Waals surface area contributed by atoms with Gasteiger partial charge in [0.25, 0.3) is 5.69 Å². The standard InChI is InChI=1S/C16H16N6O4S/c23-22(24)11-1-3-12(4-2-11)26-27-20-7-13-5-6-15(25-13)21-10-19-14-8-17-9-18-16(14)21/h1-4,8-10,13,15,20H,5-7H2. The quantitative estimate of drug-likeness (QED) is 0.214. The third kappa shape index (κ3) is 3.99. The maximum Gasteiger partial charge on any atom is 0.269 e. The first-order valence-corrected chi connectivity index (χ1v) is 9.04. The number of fused-ring (bicyclic) bond motifs is 1. The van der Waals surface area contributed by atoms with Crippen molar-refractivity contribution in [2.45, 2.75) is 25.2 Å². The van der Waals surface area contributed by atoms with Crippen LogP contribution < -0.4 is 8.91 Å². The molecular formula is C16H16N6O4S. The maximum absolute atomic E-state index is 10.6. The van der Waals surface area contributed by atoms with Crippen molar-refractivity contribution in [2.75, 3.05) is 6.54 Å². The van der Waals surface area contributed by atoms with Gasteiger partial charge in [0.2, 0.25) is 0 Å². The first-order valence-electron chi connectivity index (χ1n) is 8.29. The van der Waals surface area contributed by atoms with Crippen molar-refractivity contribution in [3.8, 4) is 5.75 Å². The normalized spacial score (nSPS) is 19.4. The highest BCUT2D eigenvalue weighted by Crippen LogP contribution is 2.30. The van der Waals surface area contributed by atoms with Gasteiger partial charge < -0.3 is 8.92 Å². The molecule has 2 atom stereocenters. The fourth-order valence-corrected chi connectivity index (χ4v) is 3.39. The molecule has 0 radical (unpaired) electrons. The molecule has 1 aliphatic heterocycles. The molecule has 3 aromatic rings. The summed E-state index contributed by atoms with van der Waals surface area (Å²) in [6.45, 7) is 0.607. The minimum Gasteiger partial charge on any atom is -0.410 e. The van der Waals surface area contributed by atoms with Crippen LogP contribution in [-0.2, 0) is 4.74 Å². The first kappa shape index (κ1) is 17.6. The van der Waals surface area contributed by atoms with Crippen molar-refractivity contribution in [1.82, 2.24) is 24.2 Å². The molecule has 27 heavy (non-hydrogen) atoms. The largest absolute Gasteiger partial charge is 0.410 e. The number of non-ortho nitro benzene ring substituents is 1. The summed E-state index contributed by atoms with van der Waals surface area (Å²) in [4.78, 5) is 22.7. The molecule has 1 saturated heterocycles. The highest BCUT2D eigenvalue weighted by Gasteiger charge is 2.27. The highest BCUT2D eigenvalue weighted by molar-refractivity contribution is 7.93. The molecule has 140 valence electrons. The molecule has 4 rings (SSSR count). The van der Waals surface area contributed by atoms with Gasteiger partial charge in [-0.25, -0.2) is 19.7 Å². The molecule has 11 heteroatoms. The molecule has 0 amide bonds. The number of aromatic nitrogens is 4. The lowest BCUT2D eigenvalue weighted by Gasteiger charge is -2.15.